The second-order valence-corrected chi connectivity index (χ2v) is 8.36. The molecule has 0 spiro atoms. The summed E-state index contributed by atoms with van der Waals surface area (Å²) in [6, 6.07) is 9.30. The van der Waals surface area contributed by atoms with Crippen molar-refractivity contribution in [2.45, 2.75) is 18.7 Å². The Balaban J connectivity index is 1.21. The zero-order valence-electron chi connectivity index (χ0n) is 19.5. The van der Waals surface area contributed by atoms with Crippen LogP contribution in [0.2, 0.25) is 0 Å². The highest BCUT2D eigenvalue weighted by Gasteiger charge is 2.33. The van der Waals surface area contributed by atoms with E-state index in [1.165, 1.54) is 22.8 Å². The third-order valence-corrected chi connectivity index (χ3v) is 5.98. The molecule has 2 aromatic carbocycles. The summed E-state index contributed by atoms with van der Waals surface area (Å²) in [6.45, 7) is 1.15. The van der Waals surface area contributed by atoms with Crippen LogP contribution < -0.4 is 35.7 Å². The van der Waals surface area contributed by atoms with Crippen LogP contribution in [0.25, 0.3) is 11.0 Å². The van der Waals surface area contributed by atoms with Crippen LogP contribution in [0.15, 0.2) is 47.4 Å². The molecule has 2 atom stereocenters. The van der Waals surface area contributed by atoms with Crippen LogP contribution in [-0.2, 0) is 16.1 Å². The van der Waals surface area contributed by atoms with Crippen LogP contribution in [-0.4, -0.2) is 67.1 Å². The highest BCUT2D eigenvalue weighted by Crippen LogP contribution is 2.35. The summed E-state index contributed by atoms with van der Waals surface area (Å²) in [5.41, 5.74) is 7.40. The Labute approximate surface area is 205 Å². The van der Waals surface area contributed by atoms with E-state index in [1.807, 2.05) is 0 Å². The fourth-order valence-electron chi connectivity index (χ4n) is 4.12. The fourth-order valence-corrected chi connectivity index (χ4v) is 4.12. The lowest BCUT2D eigenvalue weighted by atomic mass is 10.2. The number of fused-ring (bicyclic) bond motifs is 2. The molecule has 3 heterocycles. The summed E-state index contributed by atoms with van der Waals surface area (Å²) >= 11 is 0. The fraction of sp³-hybridized carbons (Fsp3) is 0.333. The van der Waals surface area contributed by atoms with Gasteiger partial charge < -0.3 is 34.6 Å². The van der Waals surface area contributed by atoms with Gasteiger partial charge in [-0.3, -0.25) is 14.5 Å². The average molecular weight is 495 g/mol. The first-order chi connectivity index (χ1) is 17.4. The molecule has 5 rings (SSSR count). The largest absolute Gasteiger partial charge is 0.497 e. The molecule has 188 valence electrons. The summed E-state index contributed by atoms with van der Waals surface area (Å²) < 4.78 is 23.1. The summed E-state index contributed by atoms with van der Waals surface area (Å²) in [4.78, 5) is 43.2. The van der Waals surface area contributed by atoms with Crippen molar-refractivity contribution < 1.29 is 28.5 Å². The molecule has 1 saturated heterocycles. The standard InChI is InChI=1S/C24H25N5O7/c1-33-15-3-4-18-19(9-15)29(22(30)11-26-18)13-17(25)23(31)27-10-16-12-28(24(32)36-16)14-2-5-20-21(8-14)35-7-6-34-20/h2-5,8-9,11,16-17H,6-7,10,12-13,25H2,1H3,(H,27,31)/t16-,17+/m1/s1. The topological polar surface area (TPSA) is 147 Å². The average Bonchev–Trinajstić information content (AvgIpc) is 3.28. The zero-order chi connectivity index (χ0) is 25.2. The Hall–Kier alpha value is -4.32. The van der Waals surface area contributed by atoms with Gasteiger partial charge in [0, 0.05) is 12.1 Å². The number of methoxy groups -OCH3 is 1. The van der Waals surface area contributed by atoms with Crippen molar-refractivity contribution in [2.24, 2.45) is 5.73 Å². The number of rotatable bonds is 7. The van der Waals surface area contributed by atoms with Crippen molar-refractivity contribution in [3.05, 3.63) is 52.9 Å². The molecule has 0 aliphatic carbocycles. The first kappa shape index (κ1) is 23.4. The van der Waals surface area contributed by atoms with E-state index < -0.39 is 29.7 Å². The predicted octanol–water partition coefficient (Wildman–Crippen LogP) is 0.645. The molecule has 2 amide bonds. The normalized spacial score (nSPS) is 17.6. The zero-order valence-corrected chi connectivity index (χ0v) is 19.5. The molecule has 2 aliphatic heterocycles. The number of hydrogen-bond donors (Lipinski definition) is 2. The summed E-state index contributed by atoms with van der Waals surface area (Å²) in [5, 5.41) is 2.71. The van der Waals surface area contributed by atoms with E-state index in [-0.39, 0.29) is 19.6 Å². The quantitative estimate of drug-likeness (QED) is 0.482. The Kier molecular flexibility index (Phi) is 6.34. The van der Waals surface area contributed by atoms with Gasteiger partial charge in [0.2, 0.25) is 5.91 Å². The van der Waals surface area contributed by atoms with Gasteiger partial charge in [0.25, 0.3) is 5.56 Å². The van der Waals surface area contributed by atoms with E-state index in [9.17, 15) is 14.4 Å². The molecule has 3 N–H and O–H groups in total. The first-order valence-corrected chi connectivity index (χ1v) is 11.4. The second-order valence-electron chi connectivity index (χ2n) is 8.36. The van der Waals surface area contributed by atoms with Gasteiger partial charge in [0.05, 0.1) is 49.7 Å². The molecule has 1 aromatic heterocycles. The molecule has 0 unspecified atom stereocenters. The molecule has 3 aromatic rings. The van der Waals surface area contributed by atoms with E-state index in [2.05, 4.69) is 10.3 Å². The van der Waals surface area contributed by atoms with Crippen LogP contribution in [0.3, 0.4) is 0 Å². The van der Waals surface area contributed by atoms with Crippen molar-refractivity contribution in [3.8, 4) is 17.2 Å². The predicted molar refractivity (Wildman–Crippen MR) is 129 cm³/mol. The third kappa shape index (κ3) is 4.62. The molecule has 36 heavy (non-hydrogen) atoms. The number of amides is 2. The van der Waals surface area contributed by atoms with Crippen molar-refractivity contribution in [1.29, 1.82) is 0 Å². The van der Waals surface area contributed by atoms with Crippen molar-refractivity contribution in [3.63, 3.8) is 0 Å². The van der Waals surface area contributed by atoms with Gasteiger partial charge in [-0.15, -0.1) is 0 Å². The number of nitrogens with two attached hydrogens (primary N) is 1. The maximum absolute atomic E-state index is 12.7. The molecule has 0 bridgehead atoms. The highest BCUT2D eigenvalue weighted by molar-refractivity contribution is 5.90. The number of cyclic esters (lactones) is 1. The van der Waals surface area contributed by atoms with E-state index in [0.29, 0.717) is 47.2 Å². The van der Waals surface area contributed by atoms with Gasteiger partial charge in [-0.05, 0) is 24.3 Å². The van der Waals surface area contributed by atoms with Crippen LogP contribution in [0, 0.1) is 0 Å². The number of anilines is 1. The van der Waals surface area contributed by atoms with E-state index in [1.54, 1.807) is 36.4 Å². The lowest BCUT2D eigenvalue weighted by Crippen LogP contribution is -2.47. The number of aromatic nitrogens is 2. The molecular formula is C24H25N5O7. The first-order valence-electron chi connectivity index (χ1n) is 11.4. The van der Waals surface area contributed by atoms with Crippen LogP contribution in [0.4, 0.5) is 10.5 Å². The number of carbonyl (C=O) groups is 2. The highest BCUT2D eigenvalue weighted by atomic mass is 16.6. The van der Waals surface area contributed by atoms with Crippen LogP contribution in [0.1, 0.15) is 0 Å². The maximum Gasteiger partial charge on any atom is 0.414 e. The summed E-state index contributed by atoms with van der Waals surface area (Å²) in [7, 11) is 1.52. The number of nitrogens with zero attached hydrogens (tertiary/aromatic N) is 3. The second kappa shape index (κ2) is 9.74. The lowest BCUT2D eigenvalue weighted by molar-refractivity contribution is -0.123. The third-order valence-electron chi connectivity index (χ3n) is 5.98. The molecule has 0 radical (unpaired) electrons. The number of carbonyl (C=O) groups excluding carboxylic acids is 2. The Bertz CT molecular complexity index is 1370. The summed E-state index contributed by atoms with van der Waals surface area (Å²) in [5.74, 6) is 1.25. The van der Waals surface area contributed by atoms with E-state index in [4.69, 9.17) is 24.7 Å². The minimum atomic E-state index is -1.02. The van der Waals surface area contributed by atoms with Gasteiger partial charge in [-0.2, -0.15) is 0 Å². The molecule has 12 nitrogen and oxygen atoms in total. The number of nitrogens with one attached hydrogen (secondary N) is 1. The molecule has 1 fully saturated rings. The Morgan fingerprint density at radius 2 is 2.00 bits per heavy atom. The Morgan fingerprint density at radius 1 is 1.19 bits per heavy atom. The van der Waals surface area contributed by atoms with Crippen LogP contribution in [0.5, 0.6) is 17.2 Å². The number of hydrogen-bond acceptors (Lipinski definition) is 9. The molecule has 2 aliphatic rings. The molecule has 0 saturated carbocycles. The van der Waals surface area contributed by atoms with E-state index >= 15 is 0 Å². The van der Waals surface area contributed by atoms with Gasteiger partial charge in [-0.25, -0.2) is 9.78 Å². The number of ether oxygens (including phenoxy) is 4. The van der Waals surface area contributed by atoms with Crippen molar-refractivity contribution >= 4 is 28.7 Å². The van der Waals surface area contributed by atoms with Gasteiger partial charge in [0.15, 0.2) is 11.5 Å². The van der Waals surface area contributed by atoms with Gasteiger partial charge in [0.1, 0.15) is 31.1 Å². The monoisotopic (exact) mass is 495 g/mol. The van der Waals surface area contributed by atoms with Gasteiger partial charge in [-0.1, -0.05) is 0 Å². The lowest BCUT2D eigenvalue weighted by Gasteiger charge is -2.21. The minimum absolute atomic E-state index is 0.0649. The molecule has 12 heteroatoms. The van der Waals surface area contributed by atoms with Crippen molar-refractivity contribution in [1.82, 2.24) is 14.9 Å². The van der Waals surface area contributed by atoms with Gasteiger partial charge >= 0.3 is 6.09 Å². The Morgan fingerprint density at radius 3 is 2.81 bits per heavy atom. The van der Waals surface area contributed by atoms with Crippen LogP contribution >= 0.6 is 0 Å². The van der Waals surface area contributed by atoms with Crippen molar-refractivity contribution in [2.75, 3.05) is 38.3 Å². The molecular weight excluding hydrogens is 470 g/mol. The smallest absolute Gasteiger partial charge is 0.414 e. The maximum atomic E-state index is 12.7. The SMILES string of the molecule is COc1ccc2ncc(=O)n(C[C@H](N)C(=O)NC[C@@H]3CN(c4ccc5c(c4)OCCO5)C(=O)O3)c2c1. The minimum Gasteiger partial charge on any atom is -0.497 e. The number of benzene rings is 2. The summed E-state index contributed by atoms with van der Waals surface area (Å²) in [6.07, 6.45) is 0.0822. The van der Waals surface area contributed by atoms with E-state index in [0.717, 1.165) is 0 Å².